The third-order valence-electron chi connectivity index (χ3n) is 9.07. The Balaban J connectivity index is 1.35. The first-order chi connectivity index (χ1) is 16.6. The molecule has 8 heteroatoms. The van der Waals surface area contributed by atoms with Gasteiger partial charge in [0.2, 0.25) is 0 Å². The van der Waals surface area contributed by atoms with E-state index in [1.807, 2.05) is 6.08 Å². The second-order valence-electron chi connectivity index (χ2n) is 11.0. The number of ether oxygens (including phenoxy) is 3. The van der Waals surface area contributed by atoms with Gasteiger partial charge in [-0.25, -0.2) is 4.79 Å². The van der Waals surface area contributed by atoms with E-state index in [4.69, 9.17) is 14.2 Å². The molecule has 5 rings (SSSR count). The van der Waals surface area contributed by atoms with Crippen LogP contribution in [0.5, 0.6) is 0 Å². The van der Waals surface area contributed by atoms with Crippen LogP contribution in [0.2, 0.25) is 0 Å². The van der Waals surface area contributed by atoms with Crippen LogP contribution in [-0.4, -0.2) is 41.4 Å². The number of esters is 1. The average molecular weight is 484 g/mol. The molecule has 0 radical (unpaired) electrons. The molecule has 2 aliphatic heterocycles. The normalized spacial score (nSPS) is 40.2. The Morgan fingerprint density at radius 1 is 1.23 bits per heavy atom. The number of hydrogen-bond acceptors (Lipinski definition) is 7. The van der Waals surface area contributed by atoms with E-state index in [1.165, 1.54) is 17.7 Å². The maximum atomic E-state index is 12.0. The predicted octanol–water partition coefficient (Wildman–Crippen LogP) is 4.63. The molecule has 1 aromatic rings. The lowest BCUT2D eigenvalue weighted by Gasteiger charge is -2.62. The first kappa shape index (κ1) is 24.2. The molecule has 2 heterocycles. The van der Waals surface area contributed by atoms with Crippen molar-refractivity contribution in [2.45, 2.75) is 64.4 Å². The van der Waals surface area contributed by atoms with Gasteiger partial charge in [0.25, 0.3) is 5.69 Å². The number of rotatable bonds is 4. The topological polar surface area (TPSA) is 108 Å². The summed E-state index contributed by atoms with van der Waals surface area (Å²) in [6.07, 6.45) is 4.90. The standard InChI is InChI=1S/C27H33NO7/c1-16-4-11-22-26(2,20(16)10-9-19-21(29)14-33-24(19)30)13-12-23-27(22,3)15-34-25(35-23)17-5-7-18(8-6-17)28(31)32/h5-9,20-23,25,29H,1,4,10-15H2,2-3H3/b19-9-/t20-,21?,22?,23?,25?,26+,27+/m1/s1. The van der Waals surface area contributed by atoms with Crippen LogP contribution in [0.15, 0.2) is 48.1 Å². The summed E-state index contributed by atoms with van der Waals surface area (Å²) in [6, 6.07) is 6.37. The Labute approximate surface area is 205 Å². The summed E-state index contributed by atoms with van der Waals surface area (Å²) >= 11 is 0. The summed E-state index contributed by atoms with van der Waals surface area (Å²) in [5, 5.41) is 21.1. The minimum Gasteiger partial charge on any atom is -0.459 e. The third-order valence-corrected chi connectivity index (χ3v) is 9.07. The van der Waals surface area contributed by atoms with Crippen molar-refractivity contribution in [3.63, 3.8) is 0 Å². The van der Waals surface area contributed by atoms with E-state index in [0.717, 1.165) is 31.2 Å². The van der Waals surface area contributed by atoms with Crippen LogP contribution in [0.4, 0.5) is 5.69 Å². The quantitative estimate of drug-likeness (QED) is 0.219. The average Bonchev–Trinajstić information content (AvgIpc) is 3.15. The van der Waals surface area contributed by atoms with Gasteiger partial charge in [0, 0.05) is 23.1 Å². The molecule has 1 N–H and O–H groups in total. The number of nitro groups is 1. The number of nitrogens with zero attached hydrogens (tertiary/aromatic N) is 1. The second kappa shape index (κ2) is 8.84. The Morgan fingerprint density at radius 2 is 1.97 bits per heavy atom. The molecule has 2 aliphatic carbocycles. The van der Waals surface area contributed by atoms with E-state index in [9.17, 15) is 20.0 Å². The molecule has 0 aromatic heterocycles. The van der Waals surface area contributed by atoms with Crippen molar-refractivity contribution in [2.24, 2.45) is 22.7 Å². The molecule has 4 unspecified atom stereocenters. The van der Waals surface area contributed by atoms with Crippen LogP contribution < -0.4 is 0 Å². The molecule has 35 heavy (non-hydrogen) atoms. The lowest BCUT2D eigenvalue weighted by Crippen LogP contribution is -2.60. The molecule has 1 aromatic carbocycles. The SMILES string of the molecule is C=C1CCC2[C@]3(C)COC(c4ccc([N+](=O)[O-])cc4)OC3CC[C@@]2(C)[C@@H]1C/C=C1\C(=O)OCC1O. The van der Waals surface area contributed by atoms with Gasteiger partial charge in [-0.1, -0.05) is 32.1 Å². The van der Waals surface area contributed by atoms with Crippen molar-refractivity contribution in [1.29, 1.82) is 0 Å². The Bertz CT molecular complexity index is 1070. The van der Waals surface area contributed by atoms with Gasteiger partial charge in [-0.15, -0.1) is 0 Å². The van der Waals surface area contributed by atoms with Gasteiger partial charge in [-0.05, 0) is 61.5 Å². The Kier molecular flexibility index (Phi) is 6.10. The highest BCUT2D eigenvalue weighted by Crippen LogP contribution is 2.63. The van der Waals surface area contributed by atoms with E-state index in [0.29, 0.717) is 24.5 Å². The minimum atomic E-state index is -0.854. The van der Waals surface area contributed by atoms with Crippen molar-refractivity contribution >= 4 is 11.7 Å². The van der Waals surface area contributed by atoms with Gasteiger partial charge in [0.1, 0.15) is 12.7 Å². The molecule has 188 valence electrons. The number of aliphatic hydroxyl groups is 1. The van der Waals surface area contributed by atoms with Crippen molar-refractivity contribution in [2.75, 3.05) is 13.2 Å². The number of fused-ring (bicyclic) bond motifs is 3. The van der Waals surface area contributed by atoms with Crippen LogP contribution in [-0.2, 0) is 19.0 Å². The molecule has 0 spiro atoms. The fourth-order valence-corrected chi connectivity index (χ4v) is 7.12. The fourth-order valence-electron chi connectivity index (χ4n) is 7.12. The molecule has 0 bridgehead atoms. The number of allylic oxidation sites excluding steroid dienone is 2. The van der Waals surface area contributed by atoms with Gasteiger partial charge in [-0.2, -0.15) is 0 Å². The number of nitro benzene ring substituents is 1. The first-order valence-corrected chi connectivity index (χ1v) is 12.4. The first-order valence-electron chi connectivity index (χ1n) is 12.4. The number of aliphatic hydroxyl groups excluding tert-OH is 1. The van der Waals surface area contributed by atoms with Crippen LogP contribution in [0, 0.1) is 32.8 Å². The fraction of sp³-hybridized carbons (Fsp3) is 0.593. The molecule has 4 fully saturated rings. The third kappa shape index (κ3) is 4.01. The summed E-state index contributed by atoms with van der Waals surface area (Å²) in [4.78, 5) is 22.6. The maximum Gasteiger partial charge on any atom is 0.336 e. The Hall–Kier alpha value is -2.55. The zero-order valence-corrected chi connectivity index (χ0v) is 20.3. The van der Waals surface area contributed by atoms with Crippen molar-refractivity contribution in [1.82, 2.24) is 0 Å². The highest BCUT2D eigenvalue weighted by Gasteiger charge is 2.60. The van der Waals surface area contributed by atoms with Crippen LogP contribution in [0.25, 0.3) is 0 Å². The number of non-ortho nitro benzene ring substituents is 1. The molecule has 2 saturated carbocycles. The van der Waals surface area contributed by atoms with E-state index in [1.54, 1.807) is 12.1 Å². The lowest BCUT2D eigenvalue weighted by atomic mass is 9.46. The molecule has 4 aliphatic rings. The van der Waals surface area contributed by atoms with Crippen LogP contribution in [0.1, 0.15) is 57.8 Å². The summed E-state index contributed by atoms with van der Waals surface area (Å²) < 4.78 is 17.7. The summed E-state index contributed by atoms with van der Waals surface area (Å²) in [5.74, 6) is 0.114. The molecular weight excluding hydrogens is 450 g/mol. The van der Waals surface area contributed by atoms with E-state index >= 15 is 0 Å². The minimum absolute atomic E-state index is 0.0199. The van der Waals surface area contributed by atoms with Gasteiger partial charge in [0.05, 0.1) is 23.2 Å². The van der Waals surface area contributed by atoms with Crippen molar-refractivity contribution in [3.05, 3.63) is 63.7 Å². The number of carbonyl (C=O) groups is 1. The molecule has 8 nitrogen and oxygen atoms in total. The van der Waals surface area contributed by atoms with Crippen LogP contribution in [0.3, 0.4) is 0 Å². The number of benzene rings is 1. The monoisotopic (exact) mass is 483 g/mol. The van der Waals surface area contributed by atoms with Gasteiger partial charge >= 0.3 is 5.97 Å². The van der Waals surface area contributed by atoms with Crippen molar-refractivity contribution < 1.29 is 29.0 Å². The summed E-state index contributed by atoms with van der Waals surface area (Å²) in [5.41, 5.74) is 2.18. The number of carbonyl (C=O) groups excluding carboxylic acids is 1. The second-order valence-corrected chi connectivity index (χ2v) is 11.0. The van der Waals surface area contributed by atoms with Crippen molar-refractivity contribution in [3.8, 4) is 0 Å². The lowest BCUT2D eigenvalue weighted by molar-refractivity contribution is -0.384. The highest BCUT2D eigenvalue weighted by atomic mass is 16.7. The Morgan fingerprint density at radius 3 is 2.63 bits per heavy atom. The summed E-state index contributed by atoms with van der Waals surface area (Å²) in [6.45, 7) is 9.56. The van der Waals surface area contributed by atoms with Gasteiger partial charge in [-0.3, -0.25) is 10.1 Å². The molecule has 0 amide bonds. The smallest absolute Gasteiger partial charge is 0.336 e. The van der Waals surface area contributed by atoms with E-state index in [2.05, 4.69) is 20.4 Å². The zero-order valence-electron chi connectivity index (χ0n) is 20.3. The summed E-state index contributed by atoms with van der Waals surface area (Å²) in [7, 11) is 0. The van der Waals surface area contributed by atoms with E-state index < -0.39 is 23.3 Å². The number of hydrogen-bond donors (Lipinski definition) is 1. The van der Waals surface area contributed by atoms with Crippen LogP contribution >= 0.6 is 0 Å². The predicted molar refractivity (Wildman–Crippen MR) is 127 cm³/mol. The maximum absolute atomic E-state index is 12.0. The highest BCUT2D eigenvalue weighted by molar-refractivity contribution is 5.91. The van der Waals surface area contributed by atoms with Gasteiger partial charge < -0.3 is 19.3 Å². The molecule has 7 atom stereocenters. The van der Waals surface area contributed by atoms with Gasteiger partial charge in [0.15, 0.2) is 6.29 Å². The number of cyclic esters (lactones) is 1. The molecular formula is C27H33NO7. The van der Waals surface area contributed by atoms with E-state index in [-0.39, 0.29) is 35.1 Å². The molecule has 2 saturated heterocycles. The zero-order chi connectivity index (χ0) is 25.0. The largest absolute Gasteiger partial charge is 0.459 e.